The smallest absolute Gasteiger partial charge is 0.0894 e. The summed E-state index contributed by atoms with van der Waals surface area (Å²) in [6.45, 7) is 2.24. The Balaban J connectivity index is 1.25. The first kappa shape index (κ1) is 22.6. The number of hydrogen-bond donors (Lipinski definition) is 0. The summed E-state index contributed by atoms with van der Waals surface area (Å²) in [6, 6.07) is 0. The van der Waals surface area contributed by atoms with Gasteiger partial charge in [0, 0.05) is 0 Å². The van der Waals surface area contributed by atoms with Crippen molar-refractivity contribution in [3.8, 4) is 0 Å². The normalized spacial score (nSPS) is 37.1. The van der Waals surface area contributed by atoms with Crippen molar-refractivity contribution in [2.45, 2.75) is 129 Å². The van der Waals surface area contributed by atoms with E-state index in [0.717, 1.165) is 48.3 Å². The Morgan fingerprint density at radius 3 is 1.32 bits per heavy atom. The second-order valence-corrected chi connectivity index (χ2v) is 11.0. The Hall–Kier alpha value is -0.0700. The summed E-state index contributed by atoms with van der Waals surface area (Å²) in [7, 11) is 0. The molecule has 0 aliphatic heterocycles. The van der Waals surface area contributed by atoms with Crippen molar-refractivity contribution in [3.63, 3.8) is 0 Å². The summed E-state index contributed by atoms with van der Waals surface area (Å²) in [4.78, 5) is 0. The van der Waals surface area contributed by atoms with Crippen molar-refractivity contribution < 1.29 is 4.39 Å². The minimum absolute atomic E-state index is 0.112. The molecule has 0 unspecified atom stereocenters. The first-order valence-corrected chi connectivity index (χ1v) is 13.3. The van der Waals surface area contributed by atoms with Crippen LogP contribution in [0.25, 0.3) is 0 Å². The molecule has 1 heteroatoms. The fourth-order valence-corrected chi connectivity index (χ4v) is 7.11. The zero-order valence-corrected chi connectivity index (χ0v) is 19.0. The van der Waals surface area contributed by atoms with Gasteiger partial charge in [-0.15, -0.1) is 0 Å². The van der Waals surface area contributed by atoms with Crippen molar-refractivity contribution >= 4 is 0 Å². The van der Waals surface area contributed by atoms with E-state index in [1.165, 1.54) is 109 Å². The van der Waals surface area contributed by atoms with Gasteiger partial charge in [-0.25, -0.2) is 0 Å². The zero-order valence-electron chi connectivity index (χ0n) is 19.0. The molecule has 0 nitrogen and oxygen atoms in total. The Bertz CT molecular complexity index is 381. The summed E-state index contributed by atoms with van der Waals surface area (Å²) in [5.74, 6) is 6.20. The Labute approximate surface area is 175 Å². The van der Waals surface area contributed by atoms with Crippen molar-refractivity contribution in [2.24, 2.45) is 35.5 Å². The van der Waals surface area contributed by atoms with Gasteiger partial charge >= 0.3 is 0 Å². The second kappa shape index (κ2) is 12.6. The third-order valence-corrected chi connectivity index (χ3v) is 9.09. The molecule has 0 N–H and O–H groups in total. The van der Waals surface area contributed by atoms with Crippen LogP contribution in [-0.2, 0) is 0 Å². The molecular weight excluding hydrogens is 343 g/mol. The highest BCUT2D eigenvalue weighted by Crippen LogP contribution is 2.44. The molecule has 0 heterocycles. The largest absolute Gasteiger partial charge is 0.251 e. The first-order chi connectivity index (χ1) is 13.8. The standard InChI is InChI=1S/C27H49F/c1-2-5-22-7-9-24(10-8-22)11-12-25-15-19-27(20-16-25)26-17-13-23(14-18-26)6-3-4-21-28/h22-27H,2-21H2,1H3. The van der Waals surface area contributed by atoms with Crippen molar-refractivity contribution in [1.82, 2.24) is 0 Å². The molecule has 28 heavy (non-hydrogen) atoms. The molecule has 3 rings (SSSR count). The molecule has 0 aromatic heterocycles. The second-order valence-electron chi connectivity index (χ2n) is 11.0. The van der Waals surface area contributed by atoms with E-state index in [0.29, 0.717) is 0 Å². The number of alkyl halides is 1. The molecule has 164 valence electrons. The van der Waals surface area contributed by atoms with E-state index < -0.39 is 0 Å². The zero-order chi connectivity index (χ0) is 19.6. The minimum atomic E-state index is -0.112. The molecule has 0 aromatic rings. The molecule has 0 atom stereocenters. The van der Waals surface area contributed by atoms with Crippen LogP contribution in [0.15, 0.2) is 0 Å². The predicted molar refractivity (Wildman–Crippen MR) is 120 cm³/mol. The van der Waals surface area contributed by atoms with E-state index in [4.69, 9.17) is 0 Å². The van der Waals surface area contributed by atoms with Crippen molar-refractivity contribution in [1.29, 1.82) is 0 Å². The van der Waals surface area contributed by atoms with Crippen LogP contribution < -0.4 is 0 Å². The third kappa shape index (κ3) is 7.32. The first-order valence-electron chi connectivity index (χ1n) is 13.3. The van der Waals surface area contributed by atoms with Crippen molar-refractivity contribution in [3.05, 3.63) is 0 Å². The summed E-state index contributed by atoms with van der Waals surface area (Å²) in [5, 5.41) is 0. The van der Waals surface area contributed by atoms with Crippen LogP contribution in [0, 0.1) is 35.5 Å². The van der Waals surface area contributed by atoms with Gasteiger partial charge in [-0.3, -0.25) is 4.39 Å². The monoisotopic (exact) mass is 392 g/mol. The predicted octanol–water partition coefficient (Wildman–Crippen LogP) is 9.13. The van der Waals surface area contributed by atoms with Gasteiger partial charge in [-0.1, -0.05) is 96.8 Å². The Morgan fingerprint density at radius 2 is 0.893 bits per heavy atom. The van der Waals surface area contributed by atoms with Crippen LogP contribution in [0.3, 0.4) is 0 Å². The molecule has 0 bridgehead atoms. The minimum Gasteiger partial charge on any atom is -0.251 e. The van der Waals surface area contributed by atoms with Gasteiger partial charge in [0.15, 0.2) is 0 Å². The molecule has 3 saturated carbocycles. The quantitative estimate of drug-likeness (QED) is 0.325. The number of rotatable bonds is 10. The van der Waals surface area contributed by atoms with Gasteiger partial charge in [0.1, 0.15) is 0 Å². The number of unbranched alkanes of at least 4 members (excludes halogenated alkanes) is 1. The summed E-state index contributed by atoms with van der Waals surface area (Å²) in [6.07, 6.45) is 27.3. The van der Waals surface area contributed by atoms with E-state index in [-0.39, 0.29) is 6.67 Å². The van der Waals surface area contributed by atoms with E-state index >= 15 is 0 Å². The lowest BCUT2D eigenvalue weighted by molar-refractivity contribution is 0.135. The maximum absolute atomic E-state index is 12.3. The van der Waals surface area contributed by atoms with Crippen LogP contribution in [0.2, 0.25) is 0 Å². The molecule has 0 aromatic carbocycles. The number of hydrogen-bond acceptors (Lipinski definition) is 0. The maximum atomic E-state index is 12.3. The lowest BCUT2D eigenvalue weighted by Gasteiger charge is -2.38. The molecule has 0 amide bonds. The number of halogens is 1. The topological polar surface area (TPSA) is 0 Å². The van der Waals surface area contributed by atoms with Gasteiger partial charge in [0.25, 0.3) is 0 Å². The van der Waals surface area contributed by atoms with E-state index in [9.17, 15) is 4.39 Å². The highest BCUT2D eigenvalue weighted by molar-refractivity contribution is 4.83. The van der Waals surface area contributed by atoms with Crippen molar-refractivity contribution in [2.75, 3.05) is 6.67 Å². The Kier molecular flexibility index (Phi) is 10.2. The average molecular weight is 393 g/mol. The van der Waals surface area contributed by atoms with Gasteiger partial charge in [-0.2, -0.15) is 0 Å². The lowest BCUT2D eigenvalue weighted by Crippen LogP contribution is -2.26. The Morgan fingerprint density at radius 1 is 0.500 bits per heavy atom. The van der Waals surface area contributed by atoms with Crippen LogP contribution in [-0.4, -0.2) is 6.67 Å². The van der Waals surface area contributed by atoms with E-state index in [2.05, 4.69) is 6.92 Å². The van der Waals surface area contributed by atoms with Crippen LogP contribution >= 0.6 is 0 Å². The van der Waals surface area contributed by atoms with Gasteiger partial charge in [-0.05, 0) is 67.6 Å². The maximum Gasteiger partial charge on any atom is 0.0894 e. The SMILES string of the molecule is CCCC1CCC(CCC2CCC(C3CCC(CCCCF)CC3)CC2)CC1. The van der Waals surface area contributed by atoms with Gasteiger partial charge < -0.3 is 0 Å². The molecule has 0 spiro atoms. The van der Waals surface area contributed by atoms with Gasteiger partial charge in [0.05, 0.1) is 6.67 Å². The molecule has 0 saturated heterocycles. The highest BCUT2D eigenvalue weighted by atomic mass is 19.1. The average Bonchev–Trinajstić information content (AvgIpc) is 2.75. The molecule has 0 radical (unpaired) electrons. The van der Waals surface area contributed by atoms with Crippen LogP contribution in [0.4, 0.5) is 4.39 Å². The molecule has 3 aliphatic rings. The molecule has 3 aliphatic carbocycles. The summed E-state index contributed by atoms with van der Waals surface area (Å²) < 4.78 is 12.3. The third-order valence-electron chi connectivity index (χ3n) is 9.09. The molecule has 3 fully saturated rings. The fraction of sp³-hybridized carbons (Fsp3) is 1.00. The fourth-order valence-electron chi connectivity index (χ4n) is 7.11. The summed E-state index contributed by atoms with van der Waals surface area (Å²) in [5.41, 5.74) is 0. The molecular formula is C27H49F. The van der Waals surface area contributed by atoms with Crippen LogP contribution in [0.5, 0.6) is 0 Å². The highest BCUT2D eigenvalue weighted by Gasteiger charge is 2.31. The summed E-state index contributed by atoms with van der Waals surface area (Å²) >= 11 is 0. The lowest BCUT2D eigenvalue weighted by atomic mass is 9.68. The van der Waals surface area contributed by atoms with Crippen LogP contribution in [0.1, 0.15) is 129 Å². The van der Waals surface area contributed by atoms with Gasteiger partial charge in [0.2, 0.25) is 0 Å². The van der Waals surface area contributed by atoms with E-state index in [1.54, 1.807) is 0 Å². The van der Waals surface area contributed by atoms with E-state index in [1.807, 2.05) is 0 Å².